The monoisotopic (exact) mass is 375 g/mol. The molecule has 2 aromatic carbocycles. The highest BCUT2D eigenvalue weighted by atomic mass is 16.2. The van der Waals surface area contributed by atoms with Gasteiger partial charge in [-0.05, 0) is 57.0 Å². The fourth-order valence-corrected chi connectivity index (χ4v) is 3.33. The summed E-state index contributed by atoms with van der Waals surface area (Å²) >= 11 is 0. The number of para-hydroxylation sites is 1. The van der Waals surface area contributed by atoms with E-state index in [0.29, 0.717) is 5.56 Å². The lowest BCUT2D eigenvalue weighted by molar-refractivity contribution is -0.116. The molecular formula is C23H25N3O2. The summed E-state index contributed by atoms with van der Waals surface area (Å²) in [6.45, 7) is 7.72. The normalized spacial score (nSPS) is 10.8. The number of nitrogens with zero attached hydrogens (tertiary/aromatic N) is 2. The predicted molar refractivity (Wildman–Crippen MR) is 113 cm³/mol. The summed E-state index contributed by atoms with van der Waals surface area (Å²) in [7, 11) is 1.64. The summed E-state index contributed by atoms with van der Waals surface area (Å²) in [5.74, 6) is -0.419. The summed E-state index contributed by atoms with van der Waals surface area (Å²) in [5.41, 5.74) is 5.96. The number of amides is 2. The van der Waals surface area contributed by atoms with Crippen molar-refractivity contribution in [1.82, 2.24) is 9.88 Å². The Labute approximate surface area is 165 Å². The molecule has 1 aromatic heterocycles. The number of pyridine rings is 1. The topological polar surface area (TPSA) is 62.3 Å². The molecule has 1 N–H and O–H groups in total. The molecule has 2 amide bonds. The molecule has 0 saturated heterocycles. The predicted octanol–water partition coefficient (Wildman–Crippen LogP) is 4.18. The van der Waals surface area contributed by atoms with E-state index in [1.165, 1.54) is 4.90 Å². The van der Waals surface area contributed by atoms with Crippen molar-refractivity contribution in [3.8, 4) is 0 Å². The van der Waals surface area contributed by atoms with Gasteiger partial charge in [0.2, 0.25) is 5.91 Å². The van der Waals surface area contributed by atoms with Gasteiger partial charge in [0, 0.05) is 23.8 Å². The van der Waals surface area contributed by atoms with Crippen molar-refractivity contribution in [2.75, 3.05) is 18.9 Å². The van der Waals surface area contributed by atoms with E-state index < -0.39 is 0 Å². The van der Waals surface area contributed by atoms with Gasteiger partial charge in [0.25, 0.3) is 5.91 Å². The zero-order valence-electron chi connectivity index (χ0n) is 17.0. The Kier molecular flexibility index (Phi) is 5.45. The highest BCUT2D eigenvalue weighted by Crippen LogP contribution is 2.22. The zero-order chi connectivity index (χ0) is 20.4. The molecule has 0 unspecified atom stereocenters. The summed E-state index contributed by atoms with van der Waals surface area (Å²) in [6, 6.07) is 13.5. The average molecular weight is 375 g/mol. The van der Waals surface area contributed by atoms with Gasteiger partial charge in [-0.1, -0.05) is 29.8 Å². The minimum Gasteiger partial charge on any atom is -0.332 e. The molecule has 0 aliphatic carbocycles. The van der Waals surface area contributed by atoms with Crippen LogP contribution in [0.1, 0.15) is 32.7 Å². The minimum atomic E-state index is -0.223. The quantitative estimate of drug-likeness (QED) is 0.744. The van der Waals surface area contributed by atoms with E-state index in [-0.39, 0.29) is 18.4 Å². The zero-order valence-corrected chi connectivity index (χ0v) is 17.0. The number of hydrogen-bond acceptors (Lipinski definition) is 3. The van der Waals surface area contributed by atoms with Crippen LogP contribution in [0.3, 0.4) is 0 Å². The highest BCUT2D eigenvalue weighted by Gasteiger charge is 2.19. The Bertz CT molecular complexity index is 1050. The molecule has 0 radical (unpaired) electrons. The molecule has 0 spiro atoms. The van der Waals surface area contributed by atoms with E-state index in [1.807, 2.05) is 64.1 Å². The highest BCUT2D eigenvalue weighted by molar-refractivity contribution is 6.07. The number of nitrogens with one attached hydrogen (secondary N) is 1. The van der Waals surface area contributed by atoms with Gasteiger partial charge in [0.1, 0.15) is 0 Å². The summed E-state index contributed by atoms with van der Waals surface area (Å²) in [6.07, 6.45) is 0. The number of aromatic nitrogens is 1. The first-order valence-electron chi connectivity index (χ1n) is 9.26. The number of carbonyl (C=O) groups excluding carboxylic acids is 2. The van der Waals surface area contributed by atoms with Crippen LogP contribution in [0.4, 0.5) is 5.69 Å². The fraction of sp³-hybridized carbons (Fsp3) is 0.261. The molecule has 1 heterocycles. The van der Waals surface area contributed by atoms with E-state index in [4.69, 9.17) is 0 Å². The molecule has 0 bridgehead atoms. The number of carbonyl (C=O) groups is 2. The Morgan fingerprint density at radius 2 is 1.68 bits per heavy atom. The van der Waals surface area contributed by atoms with Gasteiger partial charge in [-0.2, -0.15) is 0 Å². The first kappa shape index (κ1) is 19.5. The molecule has 0 aliphatic heterocycles. The van der Waals surface area contributed by atoms with E-state index in [9.17, 15) is 9.59 Å². The van der Waals surface area contributed by atoms with Crippen LogP contribution >= 0.6 is 0 Å². The molecule has 3 rings (SSSR count). The lowest BCUT2D eigenvalue weighted by Crippen LogP contribution is -2.35. The van der Waals surface area contributed by atoms with Crippen molar-refractivity contribution in [3.63, 3.8) is 0 Å². The third kappa shape index (κ3) is 4.03. The van der Waals surface area contributed by atoms with Crippen LogP contribution < -0.4 is 5.32 Å². The van der Waals surface area contributed by atoms with Crippen LogP contribution in [0.5, 0.6) is 0 Å². The third-order valence-corrected chi connectivity index (χ3v) is 4.80. The number of anilines is 1. The molecule has 0 saturated carbocycles. The number of benzene rings is 2. The van der Waals surface area contributed by atoms with E-state index in [0.717, 1.165) is 39.0 Å². The van der Waals surface area contributed by atoms with Gasteiger partial charge < -0.3 is 10.2 Å². The Balaban J connectivity index is 1.82. The van der Waals surface area contributed by atoms with Crippen LogP contribution in [-0.4, -0.2) is 35.3 Å². The lowest BCUT2D eigenvalue weighted by atomic mass is 10.0. The largest absolute Gasteiger partial charge is 0.332 e. The van der Waals surface area contributed by atoms with Crippen molar-refractivity contribution in [2.24, 2.45) is 0 Å². The maximum Gasteiger partial charge on any atom is 0.254 e. The van der Waals surface area contributed by atoms with Gasteiger partial charge in [-0.3, -0.25) is 14.6 Å². The summed E-state index contributed by atoms with van der Waals surface area (Å²) in [5, 5.41) is 3.73. The van der Waals surface area contributed by atoms with Crippen molar-refractivity contribution in [2.45, 2.75) is 27.7 Å². The molecule has 0 aliphatic rings. The minimum absolute atomic E-state index is 0.0265. The molecule has 144 valence electrons. The van der Waals surface area contributed by atoms with Crippen molar-refractivity contribution < 1.29 is 9.59 Å². The Morgan fingerprint density at radius 3 is 2.36 bits per heavy atom. The van der Waals surface area contributed by atoms with Gasteiger partial charge in [-0.15, -0.1) is 0 Å². The Morgan fingerprint density at radius 1 is 1.00 bits per heavy atom. The fourth-order valence-electron chi connectivity index (χ4n) is 3.33. The van der Waals surface area contributed by atoms with Crippen LogP contribution in [0.15, 0.2) is 42.5 Å². The first-order chi connectivity index (χ1) is 13.3. The summed E-state index contributed by atoms with van der Waals surface area (Å²) < 4.78 is 0. The third-order valence-electron chi connectivity index (χ3n) is 4.80. The molecule has 28 heavy (non-hydrogen) atoms. The average Bonchev–Trinajstić information content (AvgIpc) is 2.64. The second-order valence-corrected chi connectivity index (χ2v) is 7.31. The molecule has 3 aromatic rings. The standard InChI is InChI=1S/C23H25N3O2/c1-14-9-10-20-18(11-14)19(12-17(4)24-20)23(28)26(5)13-21(27)25-22-15(2)7-6-8-16(22)3/h6-12H,13H2,1-5H3,(H,25,27). The number of rotatable bonds is 4. The summed E-state index contributed by atoms with van der Waals surface area (Å²) in [4.78, 5) is 31.5. The maximum absolute atomic E-state index is 13.1. The van der Waals surface area contributed by atoms with Crippen LogP contribution in [-0.2, 0) is 4.79 Å². The number of fused-ring (bicyclic) bond motifs is 1. The number of aryl methyl sites for hydroxylation is 4. The molecular weight excluding hydrogens is 350 g/mol. The smallest absolute Gasteiger partial charge is 0.254 e. The van der Waals surface area contributed by atoms with Gasteiger partial charge in [-0.25, -0.2) is 0 Å². The molecule has 0 atom stereocenters. The first-order valence-corrected chi connectivity index (χ1v) is 9.26. The number of hydrogen-bond donors (Lipinski definition) is 1. The van der Waals surface area contributed by atoms with Gasteiger partial charge in [0.15, 0.2) is 0 Å². The maximum atomic E-state index is 13.1. The van der Waals surface area contributed by atoms with E-state index in [1.54, 1.807) is 13.1 Å². The van der Waals surface area contributed by atoms with E-state index in [2.05, 4.69) is 10.3 Å². The van der Waals surface area contributed by atoms with Crippen molar-refractivity contribution in [1.29, 1.82) is 0 Å². The molecule has 5 heteroatoms. The van der Waals surface area contributed by atoms with Gasteiger partial charge >= 0.3 is 0 Å². The second-order valence-electron chi connectivity index (χ2n) is 7.31. The van der Waals surface area contributed by atoms with Crippen LogP contribution in [0, 0.1) is 27.7 Å². The second kappa shape index (κ2) is 7.80. The SMILES string of the molecule is Cc1ccc2nc(C)cc(C(=O)N(C)CC(=O)Nc3c(C)cccc3C)c2c1. The van der Waals surface area contributed by atoms with Crippen molar-refractivity contribution >= 4 is 28.4 Å². The van der Waals surface area contributed by atoms with Crippen molar-refractivity contribution in [3.05, 3.63) is 70.4 Å². The van der Waals surface area contributed by atoms with E-state index >= 15 is 0 Å². The van der Waals surface area contributed by atoms with Crippen LogP contribution in [0.25, 0.3) is 10.9 Å². The lowest BCUT2D eigenvalue weighted by Gasteiger charge is -2.19. The van der Waals surface area contributed by atoms with Crippen LogP contribution in [0.2, 0.25) is 0 Å². The van der Waals surface area contributed by atoms with Gasteiger partial charge in [0.05, 0.1) is 17.6 Å². The Hall–Kier alpha value is -3.21. The molecule has 0 fully saturated rings. The molecule has 5 nitrogen and oxygen atoms in total. The number of likely N-dealkylation sites (N-methyl/N-ethyl adjacent to an activating group) is 1.